The molecule has 16 nitrogen and oxygen atoms in total. The molecule has 2 rings (SSSR count). The summed E-state index contributed by atoms with van der Waals surface area (Å²) in [5.74, 6) is -6.16. The number of ether oxygens (including phenoxy) is 6. The third-order valence-corrected chi connectivity index (χ3v) is 5.92. The van der Waals surface area contributed by atoms with E-state index < -0.39 is 74.2 Å². The van der Waals surface area contributed by atoms with Crippen molar-refractivity contribution in [3.63, 3.8) is 0 Å². The van der Waals surface area contributed by atoms with Crippen molar-refractivity contribution in [2.24, 2.45) is 0 Å². The van der Waals surface area contributed by atoms with Gasteiger partial charge in [0.1, 0.15) is 13.2 Å². The van der Waals surface area contributed by atoms with Gasteiger partial charge in [0.25, 0.3) is 0 Å². The van der Waals surface area contributed by atoms with Gasteiger partial charge in [-0.3, -0.25) is 19.2 Å². The fraction of sp³-hybridized carbons (Fsp3) is 0.412. The van der Waals surface area contributed by atoms with Gasteiger partial charge in [-0.2, -0.15) is 0 Å². The number of esters is 6. The molecule has 0 aliphatic carbocycles. The van der Waals surface area contributed by atoms with Crippen LogP contribution in [0.2, 0.25) is 0 Å². The maximum absolute atomic E-state index is 11.7. The van der Waals surface area contributed by atoms with E-state index in [0.717, 1.165) is 11.1 Å². The van der Waals surface area contributed by atoms with Gasteiger partial charge in [-0.15, -0.1) is 0 Å². The zero-order valence-electron chi connectivity index (χ0n) is 27.3. The Hall–Kier alpha value is -5.80. The van der Waals surface area contributed by atoms with E-state index in [0.29, 0.717) is 25.7 Å². The van der Waals surface area contributed by atoms with E-state index in [1.165, 1.54) is 0 Å². The number of hydrogen-bond acceptors (Lipinski definition) is 14. The van der Waals surface area contributed by atoms with Crippen LogP contribution < -0.4 is 0 Å². The van der Waals surface area contributed by atoms with E-state index in [1.54, 1.807) is 0 Å². The van der Waals surface area contributed by atoms with Crippen LogP contribution >= 0.6 is 0 Å². The Balaban J connectivity index is 0.000000591. The highest BCUT2D eigenvalue weighted by Gasteiger charge is 2.12. The Morgan fingerprint density at radius 3 is 0.940 bits per heavy atom. The second kappa shape index (κ2) is 26.2. The van der Waals surface area contributed by atoms with E-state index >= 15 is 0 Å². The van der Waals surface area contributed by atoms with Crippen molar-refractivity contribution in [1.29, 1.82) is 0 Å². The number of carbonyl (C=O) groups is 8. The van der Waals surface area contributed by atoms with E-state index in [9.17, 15) is 38.4 Å². The molecule has 2 N–H and O–H groups in total. The van der Waals surface area contributed by atoms with Gasteiger partial charge in [0, 0.05) is 25.7 Å². The van der Waals surface area contributed by atoms with Gasteiger partial charge < -0.3 is 38.6 Å². The number of aliphatic carboxylic acids is 2. The number of carboxylic acid groups (broad SMARTS) is 2. The zero-order valence-corrected chi connectivity index (χ0v) is 27.3. The summed E-state index contributed by atoms with van der Waals surface area (Å²) in [5.41, 5.74) is 1.67. The third-order valence-electron chi connectivity index (χ3n) is 5.92. The highest BCUT2D eigenvalue weighted by molar-refractivity contribution is 5.78. The lowest BCUT2D eigenvalue weighted by Gasteiger charge is -2.07. The number of hydrogen-bond donors (Lipinski definition) is 2. The van der Waals surface area contributed by atoms with E-state index in [1.807, 2.05) is 60.7 Å². The molecule has 0 aromatic heterocycles. The first-order valence-corrected chi connectivity index (χ1v) is 15.4. The number of carbonyl (C=O) groups excluding carboxylic acids is 6. The van der Waals surface area contributed by atoms with Gasteiger partial charge in [-0.25, -0.2) is 19.2 Å². The standard InChI is InChI=1S/C24H26O8.C10H14O8/c25-21(31-17-23(27)29-15-19-9-3-1-4-10-19)13-7-8-14-22(26)32-18-24(28)30-16-20-11-5-2-6-12-20;11-7(12)5-17-9(15)3-1-2-4-10(16)18-6-8(13)14/h1-6,9-12H,7-8,13-18H2;1-6H2,(H,11,12)(H,13,14). The Morgan fingerprint density at radius 1 is 0.380 bits per heavy atom. The predicted octanol–water partition coefficient (Wildman–Crippen LogP) is 2.92. The summed E-state index contributed by atoms with van der Waals surface area (Å²) >= 11 is 0. The molecule has 0 saturated carbocycles. The van der Waals surface area contributed by atoms with E-state index in [-0.39, 0.29) is 38.9 Å². The molecule has 0 fully saturated rings. The van der Waals surface area contributed by atoms with Crippen LogP contribution in [0, 0.1) is 0 Å². The van der Waals surface area contributed by atoms with Gasteiger partial charge in [0.2, 0.25) is 0 Å². The molecule has 2 aromatic rings. The molecule has 0 saturated heterocycles. The molecule has 2 aromatic carbocycles. The smallest absolute Gasteiger partial charge is 0.344 e. The first kappa shape index (κ1) is 42.2. The fourth-order valence-electron chi connectivity index (χ4n) is 3.49. The highest BCUT2D eigenvalue weighted by atomic mass is 16.6. The fourth-order valence-corrected chi connectivity index (χ4v) is 3.49. The molecule has 0 bridgehead atoms. The van der Waals surface area contributed by atoms with Crippen LogP contribution in [0.25, 0.3) is 0 Å². The summed E-state index contributed by atoms with van der Waals surface area (Å²) in [6.07, 6.45) is 1.54. The normalized spacial score (nSPS) is 9.92. The third kappa shape index (κ3) is 24.4. The molecule has 0 spiro atoms. The van der Waals surface area contributed by atoms with Crippen molar-refractivity contribution in [3.05, 3.63) is 71.8 Å². The van der Waals surface area contributed by atoms with Gasteiger partial charge in [-0.1, -0.05) is 60.7 Å². The average molecular weight is 705 g/mol. The van der Waals surface area contributed by atoms with Gasteiger partial charge in [0.15, 0.2) is 26.4 Å². The van der Waals surface area contributed by atoms with Crippen LogP contribution in [0.15, 0.2) is 60.7 Å². The summed E-state index contributed by atoms with van der Waals surface area (Å²) in [4.78, 5) is 88.5. The van der Waals surface area contributed by atoms with Gasteiger partial charge in [-0.05, 0) is 36.8 Å². The maximum atomic E-state index is 11.7. The molecule has 0 heterocycles. The molecule has 16 heteroatoms. The largest absolute Gasteiger partial charge is 0.479 e. The lowest BCUT2D eigenvalue weighted by atomic mass is 10.2. The minimum absolute atomic E-state index is 0.000505. The summed E-state index contributed by atoms with van der Waals surface area (Å²) in [6, 6.07) is 18.3. The molecule has 272 valence electrons. The van der Waals surface area contributed by atoms with Crippen molar-refractivity contribution in [2.75, 3.05) is 26.4 Å². The summed E-state index contributed by atoms with van der Waals surface area (Å²) in [6.45, 7) is -2.06. The van der Waals surface area contributed by atoms with Crippen LogP contribution in [0.1, 0.15) is 62.5 Å². The molecule has 0 aliphatic heterocycles. The van der Waals surface area contributed by atoms with E-state index in [4.69, 9.17) is 29.2 Å². The SMILES string of the molecule is O=C(CCCCC(=O)OCC(=O)OCc1ccccc1)OCC(=O)OCc1ccccc1.O=C(O)COC(=O)CCCCC(=O)OCC(=O)O. The van der Waals surface area contributed by atoms with E-state index in [2.05, 4.69) is 9.47 Å². The molecule has 50 heavy (non-hydrogen) atoms. The second-order valence-corrected chi connectivity index (χ2v) is 10.1. The first-order valence-electron chi connectivity index (χ1n) is 15.4. The molecular weight excluding hydrogens is 664 g/mol. The number of unbranched alkanes of at least 4 members (excludes halogenated alkanes) is 2. The highest BCUT2D eigenvalue weighted by Crippen LogP contribution is 2.06. The lowest BCUT2D eigenvalue weighted by Crippen LogP contribution is -2.17. The first-order chi connectivity index (χ1) is 23.9. The average Bonchev–Trinajstić information content (AvgIpc) is 3.11. The number of rotatable bonds is 22. The Morgan fingerprint density at radius 2 is 0.660 bits per heavy atom. The number of carboxylic acids is 2. The van der Waals surface area contributed by atoms with Crippen LogP contribution in [0.3, 0.4) is 0 Å². The molecule has 0 unspecified atom stereocenters. The predicted molar refractivity (Wildman–Crippen MR) is 169 cm³/mol. The Kier molecular flexibility index (Phi) is 22.1. The molecule has 0 atom stereocenters. The van der Waals surface area contributed by atoms with Crippen LogP contribution in [-0.4, -0.2) is 84.4 Å². The van der Waals surface area contributed by atoms with Crippen LogP contribution in [0.4, 0.5) is 0 Å². The zero-order chi connectivity index (χ0) is 37.0. The minimum atomic E-state index is -1.24. The molecule has 0 amide bonds. The van der Waals surface area contributed by atoms with Gasteiger partial charge >= 0.3 is 47.8 Å². The summed E-state index contributed by atoms with van der Waals surface area (Å²) < 4.78 is 28.4. The summed E-state index contributed by atoms with van der Waals surface area (Å²) in [5, 5.41) is 16.4. The van der Waals surface area contributed by atoms with Crippen molar-refractivity contribution < 1.29 is 77.0 Å². The van der Waals surface area contributed by atoms with Crippen LogP contribution in [0.5, 0.6) is 0 Å². The minimum Gasteiger partial charge on any atom is -0.479 e. The molecule has 0 aliphatic rings. The topological polar surface area (TPSA) is 232 Å². The van der Waals surface area contributed by atoms with Crippen molar-refractivity contribution in [2.45, 2.75) is 64.6 Å². The van der Waals surface area contributed by atoms with Crippen LogP contribution in [-0.2, 0) is 80.0 Å². The number of benzene rings is 2. The maximum Gasteiger partial charge on any atom is 0.344 e. The quantitative estimate of drug-likeness (QED) is 0.102. The van der Waals surface area contributed by atoms with Gasteiger partial charge in [0.05, 0.1) is 0 Å². The Labute approximate surface area is 287 Å². The van der Waals surface area contributed by atoms with Crippen molar-refractivity contribution in [3.8, 4) is 0 Å². The Bertz CT molecular complexity index is 1270. The molecule has 0 radical (unpaired) electrons. The molecular formula is C34H40O16. The second-order valence-electron chi connectivity index (χ2n) is 10.1. The lowest BCUT2D eigenvalue weighted by molar-refractivity contribution is -0.160. The summed E-state index contributed by atoms with van der Waals surface area (Å²) in [7, 11) is 0. The van der Waals surface area contributed by atoms with Crippen molar-refractivity contribution in [1.82, 2.24) is 0 Å². The van der Waals surface area contributed by atoms with Crippen molar-refractivity contribution >= 4 is 47.8 Å². The monoisotopic (exact) mass is 704 g/mol.